The molecule has 0 unspecified atom stereocenters. The van der Waals surface area contributed by atoms with Gasteiger partial charge >= 0.3 is 0 Å². The lowest BCUT2D eigenvalue weighted by Crippen LogP contribution is -2.26. The molecular weight excluding hydrogens is 266 g/mol. The zero-order chi connectivity index (χ0) is 13.7. The summed E-state index contributed by atoms with van der Waals surface area (Å²) in [7, 11) is 0. The number of nitrogens with one attached hydrogen (secondary N) is 2. The van der Waals surface area contributed by atoms with Gasteiger partial charge in [-0.1, -0.05) is 17.7 Å². The summed E-state index contributed by atoms with van der Waals surface area (Å²) < 4.78 is 0. The fourth-order valence-electron chi connectivity index (χ4n) is 1.68. The van der Waals surface area contributed by atoms with E-state index in [-0.39, 0.29) is 5.91 Å². The van der Waals surface area contributed by atoms with E-state index in [0.29, 0.717) is 22.8 Å². The summed E-state index contributed by atoms with van der Waals surface area (Å²) >= 11 is 5.95. The van der Waals surface area contributed by atoms with Crippen molar-refractivity contribution in [2.75, 3.05) is 12.3 Å². The molecule has 0 aliphatic carbocycles. The third-order valence-corrected chi connectivity index (χ3v) is 2.93. The Hall–Kier alpha value is -2.08. The first-order valence-electron chi connectivity index (χ1n) is 5.85. The first kappa shape index (κ1) is 13.4. The molecule has 2 rings (SSSR count). The van der Waals surface area contributed by atoms with Crippen LogP contribution in [0.25, 0.3) is 0 Å². The topological polar surface area (TPSA) is 96.7 Å². The highest BCUT2D eigenvalue weighted by atomic mass is 35.5. The van der Waals surface area contributed by atoms with Gasteiger partial charge in [-0.15, -0.1) is 0 Å². The minimum atomic E-state index is -0.263. The second kappa shape index (κ2) is 6.19. The molecule has 6 nitrogen and oxygen atoms in total. The smallest absolute Gasteiger partial charge is 0.254 e. The number of hydrogen-bond acceptors (Lipinski definition) is 4. The molecule has 0 saturated carbocycles. The number of aryl methyl sites for hydroxylation is 1. The van der Waals surface area contributed by atoms with E-state index in [1.165, 1.54) is 6.33 Å². The van der Waals surface area contributed by atoms with Crippen LogP contribution in [0.1, 0.15) is 22.6 Å². The number of halogens is 1. The first-order chi connectivity index (χ1) is 9.18. The summed E-state index contributed by atoms with van der Waals surface area (Å²) in [6.45, 7) is 0.518. The van der Waals surface area contributed by atoms with Crippen molar-refractivity contribution in [2.45, 2.75) is 12.8 Å². The molecule has 0 radical (unpaired) electrons. The number of rotatable bonds is 5. The van der Waals surface area contributed by atoms with E-state index in [4.69, 9.17) is 17.3 Å². The Bertz CT molecular complexity index is 535. The van der Waals surface area contributed by atoms with E-state index in [0.717, 1.165) is 18.7 Å². The molecule has 0 aliphatic heterocycles. The van der Waals surface area contributed by atoms with Gasteiger partial charge in [0.2, 0.25) is 0 Å². The molecule has 0 aliphatic rings. The van der Waals surface area contributed by atoms with Crippen LogP contribution in [0.2, 0.25) is 5.02 Å². The van der Waals surface area contributed by atoms with Crippen molar-refractivity contribution in [3.8, 4) is 0 Å². The summed E-state index contributed by atoms with van der Waals surface area (Å²) in [6, 6.07) is 5.00. The highest BCUT2D eigenvalue weighted by Gasteiger charge is 2.12. The Morgan fingerprint density at radius 1 is 1.47 bits per heavy atom. The van der Waals surface area contributed by atoms with Crippen LogP contribution in [0.4, 0.5) is 5.69 Å². The third kappa shape index (κ3) is 3.45. The second-order valence-corrected chi connectivity index (χ2v) is 4.40. The predicted molar refractivity (Wildman–Crippen MR) is 72.9 cm³/mol. The average Bonchev–Trinajstić information content (AvgIpc) is 2.87. The van der Waals surface area contributed by atoms with Gasteiger partial charge in [0.05, 0.1) is 10.6 Å². The number of benzene rings is 1. The Balaban J connectivity index is 1.84. The van der Waals surface area contributed by atoms with Gasteiger partial charge in [0.15, 0.2) is 0 Å². The largest absolute Gasteiger partial charge is 0.398 e. The van der Waals surface area contributed by atoms with E-state index in [9.17, 15) is 4.79 Å². The fourth-order valence-corrected chi connectivity index (χ4v) is 1.95. The summed E-state index contributed by atoms with van der Waals surface area (Å²) in [5.74, 6) is 0.534. The number of nitrogens with two attached hydrogens (primary N) is 1. The molecule has 0 saturated heterocycles. The molecular formula is C12H14ClN5O. The number of anilines is 1. The minimum absolute atomic E-state index is 0.263. The highest BCUT2D eigenvalue weighted by molar-refractivity contribution is 6.34. The van der Waals surface area contributed by atoms with Crippen LogP contribution in [0.3, 0.4) is 0 Å². The fraction of sp³-hybridized carbons (Fsp3) is 0.250. The molecule has 1 heterocycles. The molecule has 7 heteroatoms. The van der Waals surface area contributed by atoms with Gasteiger partial charge in [-0.05, 0) is 18.6 Å². The first-order valence-corrected chi connectivity index (χ1v) is 6.22. The minimum Gasteiger partial charge on any atom is -0.398 e. The average molecular weight is 280 g/mol. The molecule has 100 valence electrons. The lowest BCUT2D eigenvalue weighted by Gasteiger charge is -2.08. The normalized spacial score (nSPS) is 10.4. The van der Waals surface area contributed by atoms with Crippen molar-refractivity contribution in [3.05, 3.63) is 40.9 Å². The number of H-pyrrole nitrogens is 1. The number of amides is 1. The number of hydrogen-bond donors (Lipinski definition) is 3. The van der Waals surface area contributed by atoms with Gasteiger partial charge in [0, 0.05) is 18.7 Å². The molecule has 1 aromatic carbocycles. The lowest BCUT2D eigenvalue weighted by molar-refractivity contribution is 0.0954. The van der Waals surface area contributed by atoms with Gasteiger partial charge in [-0.3, -0.25) is 9.89 Å². The predicted octanol–water partition coefficient (Wildman–Crippen LogP) is 1.40. The number of aromatic amines is 1. The Morgan fingerprint density at radius 2 is 2.32 bits per heavy atom. The monoisotopic (exact) mass is 279 g/mol. The molecule has 0 atom stereocenters. The van der Waals surface area contributed by atoms with Crippen LogP contribution in [-0.2, 0) is 6.42 Å². The van der Waals surface area contributed by atoms with E-state index in [1.54, 1.807) is 18.2 Å². The van der Waals surface area contributed by atoms with Crippen LogP contribution in [0, 0.1) is 0 Å². The molecule has 2 aromatic rings. The van der Waals surface area contributed by atoms with Crippen LogP contribution < -0.4 is 11.1 Å². The third-order valence-electron chi connectivity index (χ3n) is 2.61. The SMILES string of the molecule is Nc1cccc(Cl)c1C(=O)NCCCc1ncn[nH]1. The van der Waals surface area contributed by atoms with Crippen LogP contribution >= 0.6 is 11.6 Å². The zero-order valence-corrected chi connectivity index (χ0v) is 10.9. The number of nitrogen functional groups attached to an aromatic ring is 1. The van der Waals surface area contributed by atoms with Gasteiger partial charge in [-0.25, -0.2) is 4.98 Å². The highest BCUT2D eigenvalue weighted by Crippen LogP contribution is 2.21. The van der Waals surface area contributed by atoms with Crippen molar-refractivity contribution in [1.82, 2.24) is 20.5 Å². The molecule has 19 heavy (non-hydrogen) atoms. The molecule has 1 aromatic heterocycles. The van der Waals surface area contributed by atoms with Gasteiger partial charge < -0.3 is 11.1 Å². The quantitative estimate of drug-likeness (QED) is 0.569. The summed E-state index contributed by atoms with van der Waals surface area (Å²) in [5.41, 5.74) is 6.43. The Labute approximate surface area is 115 Å². The maximum atomic E-state index is 11.9. The van der Waals surface area contributed by atoms with Crippen molar-refractivity contribution >= 4 is 23.2 Å². The van der Waals surface area contributed by atoms with Crippen LogP contribution in [0.5, 0.6) is 0 Å². The van der Waals surface area contributed by atoms with Crippen molar-refractivity contribution < 1.29 is 4.79 Å². The standard InChI is InChI=1S/C12H14ClN5O/c13-8-3-1-4-9(14)11(8)12(19)15-6-2-5-10-16-7-17-18-10/h1,3-4,7H,2,5-6,14H2,(H,15,19)(H,16,17,18). The molecule has 0 spiro atoms. The maximum Gasteiger partial charge on any atom is 0.254 e. The number of carbonyl (C=O) groups excluding carboxylic acids is 1. The van der Waals surface area contributed by atoms with Crippen LogP contribution in [-0.4, -0.2) is 27.6 Å². The molecule has 0 fully saturated rings. The van der Waals surface area contributed by atoms with Gasteiger partial charge in [-0.2, -0.15) is 5.10 Å². The zero-order valence-electron chi connectivity index (χ0n) is 10.2. The summed E-state index contributed by atoms with van der Waals surface area (Å²) in [6.07, 6.45) is 2.93. The Morgan fingerprint density at radius 3 is 3.00 bits per heavy atom. The molecule has 0 bridgehead atoms. The van der Waals surface area contributed by atoms with E-state index < -0.39 is 0 Å². The number of carbonyl (C=O) groups is 1. The molecule has 4 N–H and O–H groups in total. The number of nitrogens with zero attached hydrogens (tertiary/aromatic N) is 2. The van der Waals surface area contributed by atoms with Crippen molar-refractivity contribution in [2.24, 2.45) is 0 Å². The number of aromatic nitrogens is 3. The van der Waals surface area contributed by atoms with E-state index in [1.807, 2.05) is 0 Å². The lowest BCUT2D eigenvalue weighted by atomic mass is 10.1. The van der Waals surface area contributed by atoms with Crippen molar-refractivity contribution in [1.29, 1.82) is 0 Å². The Kier molecular flexibility index (Phi) is 4.35. The summed E-state index contributed by atoms with van der Waals surface area (Å²) in [5, 5.41) is 9.64. The van der Waals surface area contributed by atoms with Gasteiger partial charge in [0.1, 0.15) is 12.2 Å². The van der Waals surface area contributed by atoms with E-state index in [2.05, 4.69) is 20.5 Å². The summed E-state index contributed by atoms with van der Waals surface area (Å²) in [4.78, 5) is 15.9. The maximum absolute atomic E-state index is 11.9. The van der Waals surface area contributed by atoms with Gasteiger partial charge in [0.25, 0.3) is 5.91 Å². The molecule has 1 amide bonds. The van der Waals surface area contributed by atoms with Crippen molar-refractivity contribution in [3.63, 3.8) is 0 Å². The van der Waals surface area contributed by atoms with E-state index >= 15 is 0 Å². The van der Waals surface area contributed by atoms with Crippen LogP contribution in [0.15, 0.2) is 24.5 Å². The second-order valence-electron chi connectivity index (χ2n) is 4.00.